The Labute approximate surface area is 113 Å². The highest BCUT2D eigenvalue weighted by atomic mass is 19.1. The van der Waals surface area contributed by atoms with Crippen molar-refractivity contribution in [1.82, 2.24) is 4.98 Å². The normalized spacial score (nSPS) is 11.3. The average Bonchev–Trinajstić information content (AvgIpc) is 2.47. The lowest BCUT2D eigenvalue weighted by Crippen LogP contribution is -1.82. The summed E-state index contributed by atoms with van der Waals surface area (Å²) in [6, 6.07) is 13.5. The molecule has 0 atom stereocenters. The molecule has 1 aromatic heterocycles. The Hall–Kier alpha value is -2.22. The van der Waals surface area contributed by atoms with Crippen LogP contribution in [0, 0.1) is 0 Å². The van der Waals surface area contributed by atoms with Crippen molar-refractivity contribution in [1.29, 1.82) is 0 Å². The predicted molar refractivity (Wildman–Crippen MR) is 78.2 cm³/mol. The largest absolute Gasteiger partial charge is 0.256 e. The Bertz CT molecular complexity index is 556. The van der Waals surface area contributed by atoms with Crippen LogP contribution in [0.1, 0.15) is 18.4 Å². The molecule has 2 rings (SSSR count). The third-order valence-electron chi connectivity index (χ3n) is 2.78. The Morgan fingerprint density at radius 1 is 1.16 bits per heavy atom. The first-order valence-electron chi connectivity index (χ1n) is 6.28. The molecule has 1 nitrogen and oxygen atoms in total. The first-order chi connectivity index (χ1) is 9.29. The minimum Gasteiger partial charge on any atom is -0.256 e. The Kier molecular flexibility index (Phi) is 4.62. The second kappa shape index (κ2) is 6.64. The summed E-state index contributed by atoms with van der Waals surface area (Å²) >= 11 is 0. The molecule has 2 aromatic rings. The number of hydrogen-bond donors (Lipinski definition) is 0. The maximum Gasteiger partial charge on any atom is 0.101 e. The number of benzene rings is 1. The van der Waals surface area contributed by atoms with Crippen LogP contribution >= 0.6 is 0 Å². The molecule has 0 aliphatic carbocycles. The van der Waals surface area contributed by atoms with Crippen LogP contribution in [-0.2, 0) is 0 Å². The Morgan fingerprint density at radius 2 is 1.95 bits per heavy atom. The van der Waals surface area contributed by atoms with Gasteiger partial charge in [-0.3, -0.25) is 4.98 Å². The van der Waals surface area contributed by atoms with Gasteiger partial charge in [0.1, 0.15) is 5.83 Å². The van der Waals surface area contributed by atoms with Gasteiger partial charge in [0.2, 0.25) is 0 Å². The van der Waals surface area contributed by atoms with Crippen LogP contribution in [0.2, 0.25) is 0 Å². The molecule has 0 amide bonds. The molecule has 0 bridgehead atoms. The molecule has 0 N–H and O–H groups in total. The molecular formula is C17H16FN. The van der Waals surface area contributed by atoms with Gasteiger partial charge in [-0.2, -0.15) is 0 Å². The molecule has 1 heterocycles. The first-order valence-corrected chi connectivity index (χ1v) is 6.28. The van der Waals surface area contributed by atoms with Gasteiger partial charge in [0.05, 0.1) is 5.69 Å². The molecule has 0 radical (unpaired) electrons. The van der Waals surface area contributed by atoms with E-state index in [1.54, 1.807) is 18.3 Å². The maximum atomic E-state index is 13.5. The van der Waals surface area contributed by atoms with Gasteiger partial charge >= 0.3 is 0 Å². The van der Waals surface area contributed by atoms with E-state index in [-0.39, 0.29) is 5.83 Å². The van der Waals surface area contributed by atoms with Crippen molar-refractivity contribution < 1.29 is 4.39 Å². The van der Waals surface area contributed by atoms with Crippen molar-refractivity contribution in [3.05, 3.63) is 72.7 Å². The molecule has 0 saturated heterocycles. The molecule has 0 spiro atoms. The van der Waals surface area contributed by atoms with Crippen LogP contribution in [0.15, 0.2) is 67.1 Å². The SMILES string of the molecule is C=CCC/C(F)=C/c1ccc(-c2ccccn2)cc1. The van der Waals surface area contributed by atoms with Gasteiger partial charge in [0.25, 0.3) is 0 Å². The van der Waals surface area contributed by atoms with Crippen LogP contribution in [0.3, 0.4) is 0 Å². The van der Waals surface area contributed by atoms with Crippen molar-refractivity contribution in [2.45, 2.75) is 12.8 Å². The van der Waals surface area contributed by atoms with Crippen LogP contribution in [0.4, 0.5) is 4.39 Å². The van der Waals surface area contributed by atoms with E-state index in [1.807, 2.05) is 42.5 Å². The second-order valence-electron chi connectivity index (χ2n) is 4.26. The third-order valence-corrected chi connectivity index (χ3v) is 2.78. The molecular weight excluding hydrogens is 237 g/mol. The summed E-state index contributed by atoms with van der Waals surface area (Å²) in [5.74, 6) is -0.120. The predicted octanol–water partition coefficient (Wildman–Crippen LogP) is 5.03. The van der Waals surface area contributed by atoms with Crippen LogP contribution < -0.4 is 0 Å². The lowest BCUT2D eigenvalue weighted by atomic mass is 10.1. The summed E-state index contributed by atoms with van der Waals surface area (Å²) in [6.45, 7) is 3.58. The molecule has 0 unspecified atom stereocenters. The molecule has 0 fully saturated rings. The highest BCUT2D eigenvalue weighted by Crippen LogP contribution is 2.19. The summed E-state index contributed by atoms with van der Waals surface area (Å²) in [5.41, 5.74) is 2.82. The average molecular weight is 253 g/mol. The smallest absolute Gasteiger partial charge is 0.101 e. The number of hydrogen-bond acceptors (Lipinski definition) is 1. The second-order valence-corrected chi connectivity index (χ2v) is 4.26. The highest BCUT2D eigenvalue weighted by Gasteiger charge is 1.99. The molecule has 0 saturated carbocycles. The van der Waals surface area contributed by atoms with Gasteiger partial charge in [-0.15, -0.1) is 6.58 Å². The van der Waals surface area contributed by atoms with Crippen molar-refractivity contribution >= 4 is 6.08 Å². The zero-order chi connectivity index (χ0) is 13.5. The third kappa shape index (κ3) is 3.88. The Morgan fingerprint density at radius 3 is 2.58 bits per heavy atom. The quantitative estimate of drug-likeness (QED) is 0.681. The van der Waals surface area contributed by atoms with E-state index in [1.165, 1.54) is 0 Å². The lowest BCUT2D eigenvalue weighted by molar-refractivity contribution is 0.600. The number of allylic oxidation sites excluding steroid dienone is 2. The van der Waals surface area contributed by atoms with E-state index in [4.69, 9.17) is 0 Å². The van der Waals surface area contributed by atoms with Crippen molar-refractivity contribution in [2.75, 3.05) is 0 Å². The van der Waals surface area contributed by atoms with Gasteiger partial charge in [0, 0.05) is 18.2 Å². The van der Waals surface area contributed by atoms with Gasteiger partial charge in [-0.05, 0) is 30.2 Å². The first kappa shape index (κ1) is 13.2. The number of nitrogens with zero attached hydrogens (tertiary/aromatic N) is 1. The fourth-order valence-electron chi connectivity index (χ4n) is 1.78. The van der Waals surface area contributed by atoms with E-state index in [0.717, 1.165) is 16.8 Å². The van der Waals surface area contributed by atoms with Gasteiger partial charge in [0.15, 0.2) is 0 Å². The lowest BCUT2D eigenvalue weighted by Gasteiger charge is -2.01. The summed E-state index contributed by atoms with van der Waals surface area (Å²) in [4.78, 5) is 4.28. The van der Waals surface area contributed by atoms with Gasteiger partial charge in [-0.1, -0.05) is 36.4 Å². The summed E-state index contributed by atoms with van der Waals surface area (Å²) in [7, 11) is 0. The minimum atomic E-state index is -0.120. The molecule has 0 aliphatic rings. The van der Waals surface area contributed by atoms with E-state index < -0.39 is 0 Å². The van der Waals surface area contributed by atoms with Crippen molar-refractivity contribution in [3.63, 3.8) is 0 Å². The van der Waals surface area contributed by atoms with Crippen LogP contribution in [-0.4, -0.2) is 4.98 Å². The van der Waals surface area contributed by atoms with E-state index in [9.17, 15) is 4.39 Å². The fourth-order valence-corrected chi connectivity index (χ4v) is 1.78. The van der Waals surface area contributed by atoms with E-state index >= 15 is 0 Å². The maximum absolute atomic E-state index is 13.5. The summed E-state index contributed by atoms with van der Waals surface area (Å²) in [5, 5.41) is 0. The summed E-state index contributed by atoms with van der Waals surface area (Å²) in [6.07, 6.45) is 6.11. The monoisotopic (exact) mass is 253 g/mol. The number of rotatable bonds is 5. The Balaban J connectivity index is 2.13. The molecule has 2 heteroatoms. The van der Waals surface area contributed by atoms with Gasteiger partial charge in [-0.25, -0.2) is 4.39 Å². The minimum absolute atomic E-state index is 0.120. The van der Waals surface area contributed by atoms with Crippen molar-refractivity contribution in [3.8, 4) is 11.3 Å². The zero-order valence-corrected chi connectivity index (χ0v) is 10.7. The number of pyridine rings is 1. The molecule has 1 aromatic carbocycles. The topological polar surface area (TPSA) is 12.9 Å². The van der Waals surface area contributed by atoms with E-state index in [0.29, 0.717) is 12.8 Å². The van der Waals surface area contributed by atoms with Gasteiger partial charge < -0.3 is 0 Å². The molecule has 0 aliphatic heterocycles. The highest BCUT2D eigenvalue weighted by molar-refractivity contribution is 5.62. The van der Waals surface area contributed by atoms with Crippen molar-refractivity contribution in [2.24, 2.45) is 0 Å². The number of halogens is 1. The molecule has 96 valence electrons. The summed E-state index contributed by atoms with van der Waals surface area (Å²) < 4.78 is 13.5. The zero-order valence-electron chi connectivity index (χ0n) is 10.7. The standard InChI is InChI=1S/C17H16FN/c1-2-3-6-16(18)13-14-8-10-15(11-9-14)17-7-4-5-12-19-17/h2,4-5,7-13H,1,3,6H2/b16-13-. The molecule has 19 heavy (non-hydrogen) atoms. The number of aromatic nitrogens is 1. The fraction of sp³-hybridized carbons (Fsp3) is 0.118. The van der Waals surface area contributed by atoms with Crippen LogP contribution in [0.25, 0.3) is 17.3 Å². The van der Waals surface area contributed by atoms with Crippen LogP contribution in [0.5, 0.6) is 0 Å². The van der Waals surface area contributed by atoms with E-state index in [2.05, 4.69) is 11.6 Å².